The van der Waals surface area contributed by atoms with E-state index < -0.39 is 6.10 Å². The molecule has 1 fully saturated rings. The van der Waals surface area contributed by atoms with Crippen molar-refractivity contribution in [3.63, 3.8) is 0 Å². The van der Waals surface area contributed by atoms with Crippen molar-refractivity contribution in [2.24, 2.45) is 11.8 Å². The Labute approximate surface area is 86.1 Å². The van der Waals surface area contributed by atoms with Crippen molar-refractivity contribution in [3.05, 3.63) is 0 Å². The molecule has 0 bridgehead atoms. The van der Waals surface area contributed by atoms with E-state index >= 15 is 0 Å². The number of hydrogen-bond donors (Lipinski definition) is 1. The van der Waals surface area contributed by atoms with E-state index in [1.54, 1.807) is 0 Å². The molecule has 82 valence electrons. The molecule has 0 aliphatic carbocycles. The number of rotatable bonds is 3. The first kappa shape index (κ1) is 11.5. The summed E-state index contributed by atoms with van der Waals surface area (Å²) in [5, 5.41) is 9.85. The fraction of sp³-hybridized carbons (Fsp3) is 0.909. The van der Waals surface area contributed by atoms with Gasteiger partial charge in [-0.05, 0) is 26.2 Å². The number of hydrogen-bond acceptors (Lipinski definition) is 2. The summed E-state index contributed by atoms with van der Waals surface area (Å²) in [6, 6.07) is 0.256. The lowest BCUT2D eigenvalue weighted by Gasteiger charge is -2.23. The van der Waals surface area contributed by atoms with Crippen LogP contribution >= 0.6 is 0 Å². The SMILES string of the molecule is CC(C)C(O)C1CCN(C(C)C)C1=O. The Balaban J connectivity index is 2.64. The first-order valence-electron chi connectivity index (χ1n) is 5.43. The largest absolute Gasteiger partial charge is 0.392 e. The molecular weight excluding hydrogens is 178 g/mol. The van der Waals surface area contributed by atoms with Gasteiger partial charge >= 0.3 is 0 Å². The zero-order valence-corrected chi connectivity index (χ0v) is 9.53. The van der Waals surface area contributed by atoms with Crippen LogP contribution in [0.1, 0.15) is 34.1 Å². The van der Waals surface area contributed by atoms with Crippen LogP contribution in [0.5, 0.6) is 0 Å². The van der Waals surface area contributed by atoms with Crippen molar-refractivity contribution < 1.29 is 9.90 Å². The van der Waals surface area contributed by atoms with Crippen molar-refractivity contribution >= 4 is 5.91 Å². The van der Waals surface area contributed by atoms with Crippen LogP contribution in [0.4, 0.5) is 0 Å². The van der Waals surface area contributed by atoms with Gasteiger partial charge < -0.3 is 10.0 Å². The smallest absolute Gasteiger partial charge is 0.228 e. The third-order valence-electron chi connectivity index (χ3n) is 3.00. The second-order valence-electron chi connectivity index (χ2n) is 4.76. The zero-order chi connectivity index (χ0) is 10.9. The van der Waals surface area contributed by atoms with E-state index in [9.17, 15) is 9.90 Å². The van der Waals surface area contributed by atoms with Gasteiger partial charge in [-0.15, -0.1) is 0 Å². The van der Waals surface area contributed by atoms with Gasteiger partial charge in [0, 0.05) is 12.6 Å². The normalized spacial score (nSPS) is 25.2. The van der Waals surface area contributed by atoms with Crippen LogP contribution < -0.4 is 0 Å². The number of nitrogens with zero attached hydrogens (tertiary/aromatic N) is 1. The molecule has 0 aromatic carbocycles. The van der Waals surface area contributed by atoms with E-state index in [-0.39, 0.29) is 23.8 Å². The Morgan fingerprint density at radius 3 is 2.29 bits per heavy atom. The van der Waals surface area contributed by atoms with Crippen molar-refractivity contribution in [2.45, 2.75) is 46.3 Å². The fourth-order valence-corrected chi connectivity index (χ4v) is 2.02. The summed E-state index contributed by atoms with van der Waals surface area (Å²) in [6.45, 7) is 8.74. The molecule has 3 heteroatoms. The Kier molecular flexibility index (Phi) is 3.53. The van der Waals surface area contributed by atoms with Crippen LogP contribution in [0.15, 0.2) is 0 Å². The lowest BCUT2D eigenvalue weighted by molar-refractivity contribution is -0.136. The molecule has 3 nitrogen and oxygen atoms in total. The van der Waals surface area contributed by atoms with Crippen LogP contribution in [0.3, 0.4) is 0 Å². The molecule has 0 aromatic heterocycles. The minimum atomic E-state index is -0.480. The standard InChI is InChI=1S/C11H21NO2/c1-7(2)10(13)9-5-6-12(8(3)4)11(9)14/h7-10,13H,5-6H2,1-4H3. The predicted molar refractivity (Wildman–Crippen MR) is 55.8 cm³/mol. The maximum absolute atomic E-state index is 11.9. The number of aliphatic hydroxyl groups is 1. The van der Waals surface area contributed by atoms with Gasteiger partial charge in [0.15, 0.2) is 0 Å². The number of likely N-dealkylation sites (tertiary alicyclic amines) is 1. The van der Waals surface area contributed by atoms with E-state index in [0.29, 0.717) is 0 Å². The second-order valence-corrected chi connectivity index (χ2v) is 4.76. The van der Waals surface area contributed by atoms with Crippen LogP contribution in [0.2, 0.25) is 0 Å². The molecule has 1 aliphatic rings. The molecule has 0 aromatic rings. The molecule has 1 N–H and O–H groups in total. The molecule has 2 atom stereocenters. The highest BCUT2D eigenvalue weighted by Gasteiger charge is 2.38. The van der Waals surface area contributed by atoms with E-state index in [1.165, 1.54) is 0 Å². The van der Waals surface area contributed by atoms with E-state index in [2.05, 4.69) is 0 Å². The summed E-state index contributed by atoms with van der Waals surface area (Å²) >= 11 is 0. The summed E-state index contributed by atoms with van der Waals surface area (Å²) in [4.78, 5) is 13.7. The minimum Gasteiger partial charge on any atom is -0.392 e. The minimum absolute atomic E-state index is 0.126. The molecule has 1 heterocycles. The van der Waals surface area contributed by atoms with Crippen LogP contribution in [-0.4, -0.2) is 34.6 Å². The summed E-state index contributed by atoms with van der Waals surface area (Å²) < 4.78 is 0. The van der Waals surface area contributed by atoms with Gasteiger partial charge in [-0.25, -0.2) is 0 Å². The molecule has 0 saturated carbocycles. The summed E-state index contributed by atoms with van der Waals surface area (Å²) in [5.41, 5.74) is 0. The van der Waals surface area contributed by atoms with Gasteiger partial charge in [0.2, 0.25) is 5.91 Å². The van der Waals surface area contributed by atoms with Crippen molar-refractivity contribution in [1.29, 1.82) is 0 Å². The lowest BCUT2D eigenvalue weighted by Crippen LogP contribution is -2.37. The van der Waals surface area contributed by atoms with Crippen molar-refractivity contribution in [1.82, 2.24) is 4.90 Å². The average Bonchev–Trinajstić information content (AvgIpc) is 2.45. The molecule has 1 rings (SSSR count). The molecule has 1 amide bonds. The number of amides is 1. The maximum atomic E-state index is 11.9. The van der Waals surface area contributed by atoms with E-state index in [0.717, 1.165) is 13.0 Å². The second kappa shape index (κ2) is 4.30. The zero-order valence-electron chi connectivity index (χ0n) is 9.53. The lowest BCUT2D eigenvalue weighted by atomic mass is 9.92. The van der Waals surface area contributed by atoms with Gasteiger partial charge in [0.1, 0.15) is 0 Å². The van der Waals surface area contributed by atoms with Crippen molar-refractivity contribution in [3.8, 4) is 0 Å². The summed E-state index contributed by atoms with van der Waals surface area (Å²) in [6.07, 6.45) is 0.322. The maximum Gasteiger partial charge on any atom is 0.228 e. The first-order valence-corrected chi connectivity index (χ1v) is 5.43. The molecule has 1 saturated heterocycles. The Bertz CT molecular complexity index is 213. The van der Waals surface area contributed by atoms with Crippen LogP contribution in [-0.2, 0) is 4.79 Å². The first-order chi connectivity index (χ1) is 6.45. The van der Waals surface area contributed by atoms with E-state index in [1.807, 2.05) is 32.6 Å². The summed E-state index contributed by atoms with van der Waals surface area (Å²) in [7, 11) is 0. The van der Waals surface area contributed by atoms with Crippen LogP contribution in [0.25, 0.3) is 0 Å². The molecule has 1 aliphatic heterocycles. The summed E-state index contributed by atoms with van der Waals surface area (Å²) in [5.74, 6) is 0.120. The van der Waals surface area contributed by atoms with Gasteiger partial charge in [0.05, 0.1) is 12.0 Å². The molecule has 14 heavy (non-hydrogen) atoms. The van der Waals surface area contributed by atoms with Gasteiger partial charge in [-0.2, -0.15) is 0 Å². The Morgan fingerprint density at radius 1 is 1.36 bits per heavy atom. The fourth-order valence-electron chi connectivity index (χ4n) is 2.02. The van der Waals surface area contributed by atoms with Gasteiger partial charge in [-0.3, -0.25) is 4.79 Å². The van der Waals surface area contributed by atoms with Crippen LogP contribution in [0, 0.1) is 11.8 Å². The van der Waals surface area contributed by atoms with Gasteiger partial charge in [0.25, 0.3) is 0 Å². The monoisotopic (exact) mass is 199 g/mol. The highest BCUT2D eigenvalue weighted by molar-refractivity contribution is 5.81. The number of aliphatic hydroxyl groups excluding tert-OH is 1. The third kappa shape index (κ3) is 2.08. The molecule has 0 spiro atoms. The third-order valence-corrected chi connectivity index (χ3v) is 3.00. The number of carbonyl (C=O) groups excluding carboxylic acids is 1. The Morgan fingerprint density at radius 2 is 1.93 bits per heavy atom. The average molecular weight is 199 g/mol. The predicted octanol–water partition coefficient (Wildman–Crippen LogP) is 1.26. The van der Waals surface area contributed by atoms with E-state index in [4.69, 9.17) is 0 Å². The highest BCUT2D eigenvalue weighted by Crippen LogP contribution is 2.26. The topological polar surface area (TPSA) is 40.5 Å². The molecule has 0 radical (unpaired) electrons. The quantitative estimate of drug-likeness (QED) is 0.743. The van der Waals surface area contributed by atoms with Crippen molar-refractivity contribution in [2.75, 3.05) is 6.54 Å². The Hall–Kier alpha value is -0.570. The highest BCUT2D eigenvalue weighted by atomic mass is 16.3. The molecule has 2 unspecified atom stereocenters. The van der Waals surface area contributed by atoms with Gasteiger partial charge in [-0.1, -0.05) is 13.8 Å². The number of carbonyl (C=O) groups is 1. The molecular formula is C11H21NO2.